The molecule has 3 heteroatoms. The summed E-state index contributed by atoms with van der Waals surface area (Å²) in [6, 6.07) is 4.96. The summed E-state index contributed by atoms with van der Waals surface area (Å²) in [7, 11) is 0. The van der Waals surface area contributed by atoms with E-state index in [1.807, 2.05) is 6.26 Å². The molecular formula is C13H14BrNO. The third kappa shape index (κ3) is 1.89. The molecule has 0 saturated heterocycles. The first-order valence-electron chi connectivity index (χ1n) is 5.63. The van der Waals surface area contributed by atoms with Gasteiger partial charge in [0.2, 0.25) is 0 Å². The van der Waals surface area contributed by atoms with Crippen LogP contribution in [0.25, 0.3) is 11.0 Å². The van der Waals surface area contributed by atoms with Crippen LogP contribution in [-0.4, -0.2) is 6.04 Å². The molecule has 1 heterocycles. The van der Waals surface area contributed by atoms with Crippen LogP contribution >= 0.6 is 15.9 Å². The Kier molecular flexibility index (Phi) is 2.52. The highest BCUT2D eigenvalue weighted by Gasteiger charge is 2.20. The normalized spacial score (nSPS) is 15.9. The van der Waals surface area contributed by atoms with Gasteiger partial charge in [-0.05, 0) is 37.5 Å². The maximum absolute atomic E-state index is 5.63. The predicted octanol–water partition coefficient (Wildman–Crippen LogP) is 3.76. The third-order valence-electron chi connectivity index (χ3n) is 3.06. The van der Waals surface area contributed by atoms with Gasteiger partial charge in [-0.15, -0.1) is 0 Å². The van der Waals surface area contributed by atoms with Crippen molar-refractivity contribution in [3.8, 4) is 0 Å². The van der Waals surface area contributed by atoms with Crippen molar-refractivity contribution in [2.45, 2.75) is 32.4 Å². The van der Waals surface area contributed by atoms with E-state index in [4.69, 9.17) is 4.42 Å². The third-order valence-corrected chi connectivity index (χ3v) is 3.52. The molecule has 2 nitrogen and oxygen atoms in total. The maximum atomic E-state index is 5.63. The van der Waals surface area contributed by atoms with Gasteiger partial charge in [0.05, 0.1) is 6.26 Å². The number of halogens is 1. The first kappa shape index (κ1) is 10.4. The first-order valence-corrected chi connectivity index (χ1v) is 6.43. The van der Waals surface area contributed by atoms with Crippen molar-refractivity contribution in [3.63, 3.8) is 0 Å². The van der Waals surface area contributed by atoms with E-state index in [1.54, 1.807) is 0 Å². The van der Waals surface area contributed by atoms with Crippen molar-refractivity contribution in [2.24, 2.45) is 0 Å². The van der Waals surface area contributed by atoms with Gasteiger partial charge in [-0.1, -0.05) is 15.9 Å². The predicted molar refractivity (Wildman–Crippen MR) is 68.5 cm³/mol. The van der Waals surface area contributed by atoms with Crippen molar-refractivity contribution in [3.05, 3.63) is 34.0 Å². The minimum absolute atomic E-state index is 0.734. The molecule has 3 rings (SSSR count). The lowest BCUT2D eigenvalue weighted by Crippen LogP contribution is -2.14. The summed E-state index contributed by atoms with van der Waals surface area (Å²) in [5, 5.41) is 4.74. The first-order chi connectivity index (χ1) is 7.74. The lowest BCUT2D eigenvalue weighted by atomic mass is 10.1. The molecule has 1 aliphatic carbocycles. The van der Waals surface area contributed by atoms with Crippen LogP contribution in [-0.2, 0) is 6.54 Å². The topological polar surface area (TPSA) is 25.2 Å². The molecule has 1 aromatic carbocycles. The van der Waals surface area contributed by atoms with Crippen molar-refractivity contribution in [1.29, 1.82) is 0 Å². The summed E-state index contributed by atoms with van der Waals surface area (Å²) >= 11 is 3.53. The summed E-state index contributed by atoms with van der Waals surface area (Å²) in [4.78, 5) is 0. The summed E-state index contributed by atoms with van der Waals surface area (Å²) in [5.41, 5.74) is 3.45. The second-order valence-corrected chi connectivity index (χ2v) is 5.43. The van der Waals surface area contributed by atoms with Crippen molar-refractivity contribution in [1.82, 2.24) is 5.32 Å². The zero-order valence-corrected chi connectivity index (χ0v) is 10.8. The van der Waals surface area contributed by atoms with E-state index >= 15 is 0 Å². The summed E-state index contributed by atoms with van der Waals surface area (Å²) in [6.07, 6.45) is 4.51. The second kappa shape index (κ2) is 3.90. The molecule has 84 valence electrons. The molecular weight excluding hydrogens is 266 g/mol. The molecule has 0 radical (unpaired) electrons. The minimum Gasteiger partial charge on any atom is -0.464 e. The average molecular weight is 280 g/mol. The Hall–Kier alpha value is -0.800. The Balaban J connectivity index is 1.97. The van der Waals surface area contributed by atoms with Gasteiger partial charge in [-0.2, -0.15) is 0 Å². The van der Waals surface area contributed by atoms with Gasteiger partial charge >= 0.3 is 0 Å². The van der Waals surface area contributed by atoms with E-state index < -0.39 is 0 Å². The number of hydrogen-bond acceptors (Lipinski definition) is 2. The molecule has 0 amide bonds. The van der Waals surface area contributed by atoms with Gasteiger partial charge in [0, 0.05) is 28.0 Å². The molecule has 0 unspecified atom stereocenters. The van der Waals surface area contributed by atoms with Crippen LogP contribution in [0, 0.1) is 6.92 Å². The molecule has 1 fully saturated rings. The number of fused-ring (bicyclic) bond motifs is 1. The summed E-state index contributed by atoms with van der Waals surface area (Å²) in [5.74, 6) is 0. The zero-order valence-electron chi connectivity index (χ0n) is 9.22. The number of nitrogens with one attached hydrogen (secondary N) is 1. The van der Waals surface area contributed by atoms with Crippen LogP contribution in [0.2, 0.25) is 0 Å². The average Bonchev–Trinajstić information content (AvgIpc) is 2.97. The SMILES string of the molecule is Cc1cc(Br)cc2c(CNC3CC3)coc12. The maximum Gasteiger partial charge on any atom is 0.137 e. The lowest BCUT2D eigenvalue weighted by molar-refractivity contribution is 0.599. The van der Waals surface area contributed by atoms with E-state index in [1.165, 1.54) is 29.4 Å². The van der Waals surface area contributed by atoms with Crippen LogP contribution in [0.4, 0.5) is 0 Å². The molecule has 0 bridgehead atoms. The minimum atomic E-state index is 0.734. The molecule has 0 aliphatic heterocycles. The highest BCUT2D eigenvalue weighted by molar-refractivity contribution is 9.10. The standard InChI is InChI=1S/C13H14BrNO/c1-8-4-10(14)5-12-9(7-16-13(8)12)6-15-11-2-3-11/h4-5,7,11,15H,2-3,6H2,1H3. The number of hydrogen-bond donors (Lipinski definition) is 1. The van der Waals surface area contributed by atoms with Crippen LogP contribution in [0.3, 0.4) is 0 Å². The molecule has 1 aromatic heterocycles. The van der Waals surface area contributed by atoms with Crippen LogP contribution < -0.4 is 5.32 Å². The van der Waals surface area contributed by atoms with Gasteiger partial charge in [-0.25, -0.2) is 0 Å². The zero-order chi connectivity index (χ0) is 11.1. The van der Waals surface area contributed by atoms with E-state index in [0.29, 0.717) is 0 Å². The fourth-order valence-corrected chi connectivity index (χ4v) is 2.57. The number of aryl methyl sites for hydroxylation is 1. The fourth-order valence-electron chi connectivity index (χ4n) is 2.00. The molecule has 1 N–H and O–H groups in total. The molecule has 2 aromatic rings. The van der Waals surface area contributed by atoms with Crippen molar-refractivity contribution < 1.29 is 4.42 Å². The lowest BCUT2D eigenvalue weighted by Gasteiger charge is -2.01. The molecule has 1 aliphatic rings. The molecule has 1 saturated carbocycles. The second-order valence-electron chi connectivity index (χ2n) is 4.52. The van der Waals surface area contributed by atoms with Crippen LogP contribution in [0.15, 0.2) is 27.3 Å². The molecule has 0 atom stereocenters. The number of rotatable bonds is 3. The van der Waals surface area contributed by atoms with Gasteiger partial charge in [-0.3, -0.25) is 0 Å². The van der Waals surface area contributed by atoms with Crippen LogP contribution in [0.1, 0.15) is 24.0 Å². The largest absolute Gasteiger partial charge is 0.464 e. The van der Waals surface area contributed by atoms with E-state index in [-0.39, 0.29) is 0 Å². The van der Waals surface area contributed by atoms with Crippen molar-refractivity contribution in [2.75, 3.05) is 0 Å². The monoisotopic (exact) mass is 279 g/mol. The van der Waals surface area contributed by atoms with E-state index in [9.17, 15) is 0 Å². The Morgan fingerprint density at radius 1 is 1.44 bits per heavy atom. The molecule has 0 spiro atoms. The fraction of sp³-hybridized carbons (Fsp3) is 0.385. The summed E-state index contributed by atoms with van der Waals surface area (Å²) < 4.78 is 6.74. The number of benzene rings is 1. The Labute approximate surface area is 103 Å². The molecule has 16 heavy (non-hydrogen) atoms. The Bertz CT molecular complexity index is 528. The van der Waals surface area contributed by atoms with E-state index in [0.717, 1.165) is 22.6 Å². The van der Waals surface area contributed by atoms with Crippen LogP contribution in [0.5, 0.6) is 0 Å². The Morgan fingerprint density at radius 2 is 2.25 bits per heavy atom. The highest BCUT2D eigenvalue weighted by atomic mass is 79.9. The van der Waals surface area contributed by atoms with E-state index in [2.05, 4.69) is 40.3 Å². The quantitative estimate of drug-likeness (QED) is 0.926. The van der Waals surface area contributed by atoms with Gasteiger partial charge in [0.15, 0.2) is 0 Å². The Morgan fingerprint density at radius 3 is 3.00 bits per heavy atom. The number of furan rings is 1. The van der Waals surface area contributed by atoms with Gasteiger partial charge < -0.3 is 9.73 Å². The van der Waals surface area contributed by atoms with Gasteiger partial charge in [0.25, 0.3) is 0 Å². The smallest absolute Gasteiger partial charge is 0.137 e. The highest BCUT2D eigenvalue weighted by Crippen LogP contribution is 2.29. The summed E-state index contributed by atoms with van der Waals surface area (Å²) in [6.45, 7) is 2.99. The van der Waals surface area contributed by atoms with Gasteiger partial charge in [0.1, 0.15) is 5.58 Å². The van der Waals surface area contributed by atoms with Crippen molar-refractivity contribution >= 4 is 26.9 Å².